The van der Waals surface area contributed by atoms with Gasteiger partial charge in [0.2, 0.25) is 0 Å². The maximum Gasteiger partial charge on any atom is 0.251 e. The summed E-state index contributed by atoms with van der Waals surface area (Å²) >= 11 is 0. The summed E-state index contributed by atoms with van der Waals surface area (Å²) in [6.45, 7) is 3.35. The van der Waals surface area contributed by atoms with Gasteiger partial charge < -0.3 is 24.4 Å². The van der Waals surface area contributed by atoms with E-state index >= 15 is 0 Å². The standard InChI is InChI=1S/C19H23N3O4/c1-24-16-10-15(11-17(12-16)25-2)19(23)21-13-14-4-3-5-20-18(14)22-6-8-26-9-7-22/h3-5,10-12H,6-9,13H2,1-2H3,(H,21,23). The Morgan fingerprint density at radius 1 is 1.19 bits per heavy atom. The molecular formula is C19H23N3O4. The molecule has 0 unspecified atom stereocenters. The molecule has 0 aliphatic carbocycles. The SMILES string of the molecule is COc1cc(OC)cc(C(=O)NCc2cccnc2N2CCOCC2)c1. The summed E-state index contributed by atoms with van der Waals surface area (Å²) in [5.41, 5.74) is 1.45. The minimum absolute atomic E-state index is 0.195. The third-order valence-corrected chi connectivity index (χ3v) is 4.23. The number of rotatable bonds is 6. The molecule has 0 spiro atoms. The van der Waals surface area contributed by atoms with Gasteiger partial charge in [-0.1, -0.05) is 6.07 Å². The first-order chi connectivity index (χ1) is 12.7. The highest BCUT2D eigenvalue weighted by atomic mass is 16.5. The molecule has 26 heavy (non-hydrogen) atoms. The highest BCUT2D eigenvalue weighted by molar-refractivity contribution is 5.95. The van der Waals surface area contributed by atoms with Crippen molar-refractivity contribution < 1.29 is 19.0 Å². The number of nitrogens with zero attached hydrogens (tertiary/aromatic N) is 2. The van der Waals surface area contributed by atoms with Crippen LogP contribution in [-0.2, 0) is 11.3 Å². The van der Waals surface area contributed by atoms with E-state index in [0.29, 0.717) is 36.8 Å². The molecule has 1 aromatic carbocycles. The number of carbonyl (C=O) groups excluding carboxylic acids is 1. The Kier molecular flexibility index (Phi) is 5.91. The molecule has 0 radical (unpaired) electrons. The highest BCUT2D eigenvalue weighted by Crippen LogP contribution is 2.23. The van der Waals surface area contributed by atoms with E-state index in [-0.39, 0.29) is 5.91 Å². The number of methoxy groups -OCH3 is 2. The first kappa shape index (κ1) is 18.0. The molecule has 0 atom stereocenters. The number of aromatic nitrogens is 1. The van der Waals surface area contributed by atoms with Crippen LogP contribution in [0.2, 0.25) is 0 Å². The maximum absolute atomic E-state index is 12.6. The Morgan fingerprint density at radius 3 is 2.54 bits per heavy atom. The van der Waals surface area contributed by atoms with Crippen LogP contribution in [0.15, 0.2) is 36.5 Å². The smallest absolute Gasteiger partial charge is 0.251 e. The van der Waals surface area contributed by atoms with Crippen molar-refractivity contribution in [3.8, 4) is 11.5 Å². The highest BCUT2D eigenvalue weighted by Gasteiger charge is 2.17. The average molecular weight is 357 g/mol. The normalized spacial score (nSPS) is 14.0. The Labute approximate surface area is 152 Å². The lowest BCUT2D eigenvalue weighted by atomic mass is 10.1. The van der Waals surface area contributed by atoms with Gasteiger partial charge in [0, 0.05) is 43.0 Å². The number of hydrogen-bond acceptors (Lipinski definition) is 6. The van der Waals surface area contributed by atoms with Crippen LogP contribution in [0.25, 0.3) is 0 Å². The van der Waals surface area contributed by atoms with Crippen molar-refractivity contribution in [3.05, 3.63) is 47.7 Å². The van der Waals surface area contributed by atoms with Crippen LogP contribution in [0.1, 0.15) is 15.9 Å². The molecular weight excluding hydrogens is 334 g/mol. The number of hydrogen-bond donors (Lipinski definition) is 1. The van der Waals surface area contributed by atoms with E-state index in [1.54, 1.807) is 38.6 Å². The lowest BCUT2D eigenvalue weighted by molar-refractivity contribution is 0.0950. The number of benzene rings is 1. The molecule has 1 fully saturated rings. The van der Waals surface area contributed by atoms with Gasteiger partial charge in [0.05, 0.1) is 27.4 Å². The quantitative estimate of drug-likeness (QED) is 0.851. The van der Waals surface area contributed by atoms with Crippen molar-refractivity contribution in [2.75, 3.05) is 45.4 Å². The molecule has 3 rings (SSSR count). The fourth-order valence-electron chi connectivity index (χ4n) is 2.84. The van der Waals surface area contributed by atoms with E-state index < -0.39 is 0 Å². The van der Waals surface area contributed by atoms with Gasteiger partial charge in [-0.05, 0) is 18.2 Å². The number of ether oxygens (including phenoxy) is 3. The summed E-state index contributed by atoms with van der Waals surface area (Å²) in [4.78, 5) is 19.2. The van der Waals surface area contributed by atoms with E-state index in [2.05, 4.69) is 15.2 Å². The lowest BCUT2D eigenvalue weighted by Crippen LogP contribution is -2.37. The second-order valence-electron chi connectivity index (χ2n) is 5.87. The van der Waals surface area contributed by atoms with E-state index in [4.69, 9.17) is 14.2 Å². The largest absolute Gasteiger partial charge is 0.497 e. The van der Waals surface area contributed by atoms with Gasteiger partial charge >= 0.3 is 0 Å². The predicted octanol–water partition coefficient (Wildman–Crippen LogP) is 1.87. The minimum atomic E-state index is -0.195. The first-order valence-corrected chi connectivity index (χ1v) is 8.49. The maximum atomic E-state index is 12.6. The van der Waals surface area contributed by atoms with Crippen LogP contribution in [0.5, 0.6) is 11.5 Å². The van der Waals surface area contributed by atoms with Crippen molar-refractivity contribution in [1.82, 2.24) is 10.3 Å². The van der Waals surface area contributed by atoms with Gasteiger partial charge in [-0.2, -0.15) is 0 Å². The zero-order chi connectivity index (χ0) is 18.4. The van der Waals surface area contributed by atoms with Gasteiger partial charge in [-0.3, -0.25) is 4.79 Å². The number of nitrogens with one attached hydrogen (secondary N) is 1. The number of morpholine rings is 1. The Morgan fingerprint density at radius 2 is 1.88 bits per heavy atom. The van der Waals surface area contributed by atoms with Crippen LogP contribution in [0.4, 0.5) is 5.82 Å². The van der Waals surface area contributed by atoms with Crippen molar-refractivity contribution in [1.29, 1.82) is 0 Å². The Bertz CT molecular complexity index is 738. The molecule has 2 aromatic rings. The molecule has 2 heterocycles. The van der Waals surface area contributed by atoms with Gasteiger partial charge in [-0.25, -0.2) is 4.98 Å². The van der Waals surface area contributed by atoms with Crippen LogP contribution in [0.3, 0.4) is 0 Å². The third kappa shape index (κ3) is 4.23. The molecule has 7 heteroatoms. The molecule has 1 aliphatic rings. The van der Waals surface area contributed by atoms with Gasteiger partial charge in [0.25, 0.3) is 5.91 Å². The molecule has 1 saturated heterocycles. The monoisotopic (exact) mass is 357 g/mol. The summed E-state index contributed by atoms with van der Waals surface area (Å²) in [6, 6.07) is 8.95. The van der Waals surface area contributed by atoms with E-state index in [1.165, 1.54) is 0 Å². The van der Waals surface area contributed by atoms with Crippen molar-refractivity contribution in [2.45, 2.75) is 6.54 Å². The number of amides is 1. The molecule has 1 N–H and O–H groups in total. The van der Waals surface area contributed by atoms with Crippen molar-refractivity contribution in [3.63, 3.8) is 0 Å². The number of anilines is 1. The summed E-state index contributed by atoms with van der Waals surface area (Å²) in [6.07, 6.45) is 1.77. The fraction of sp³-hybridized carbons (Fsp3) is 0.368. The topological polar surface area (TPSA) is 72.9 Å². The summed E-state index contributed by atoms with van der Waals surface area (Å²) in [7, 11) is 3.11. The zero-order valence-electron chi connectivity index (χ0n) is 15.0. The molecule has 1 aromatic heterocycles. The summed E-state index contributed by atoms with van der Waals surface area (Å²) < 4.78 is 15.8. The first-order valence-electron chi connectivity index (χ1n) is 8.49. The van der Waals surface area contributed by atoms with Crippen LogP contribution in [-0.4, -0.2) is 51.4 Å². The molecule has 0 bridgehead atoms. The van der Waals surface area contributed by atoms with Gasteiger partial charge in [0.15, 0.2) is 0 Å². The van der Waals surface area contributed by atoms with Gasteiger partial charge in [0.1, 0.15) is 17.3 Å². The molecule has 138 valence electrons. The number of pyridine rings is 1. The lowest BCUT2D eigenvalue weighted by Gasteiger charge is -2.29. The second-order valence-corrected chi connectivity index (χ2v) is 5.87. The van der Waals surface area contributed by atoms with E-state index in [1.807, 2.05) is 12.1 Å². The van der Waals surface area contributed by atoms with E-state index in [0.717, 1.165) is 24.5 Å². The molecule has 1 aliphatic heterocycles. The van der Waals surface area contributed by atoms with Crippen LogP contribution >= 0.6 is 0 Å². The predicted molar refractivity (Wildman–Crippen MR) is 98.0 cm³/mol. The van der Waals surface area contributed by atoms with Crippen LogP contribution < -0.4 is 19.7 Å². The third-order valence-electron chi connectivity index (χ3n) is 4.23. The van der Waals surface area contributed by atoms with Crippen LogP contribution in [0, 0.1) is 0 Å². The fourth-order valence-corrected chi connectivity index (χ4v) is 2.84. The summed E-state index contributed by atoms with van der Waals surface area (Å²) in [5.74, 6) is 1.84. The second kappa shape index (κ2) is 8.53. The Hall–Kier alpha value is -2.80. The number of carbonyl (C=O) groups is 1. The minimum Gasteiger partial charge on any atom is -0.497 e. The van der Waals surface area contributed by atoms with E-state index in [9.17, 15) is 4.79 Å². The molecule has 0 saturated carbocycles. The molecule has 7 nitrogen and oxygen atoms in total. The zero-order valence-corrected chi connectivity index (χ0v) is 15.0. The molecule has 1 amide bonds. The van der Waals surface area contributed by atoms with Gasteiger partial charge in [-0.15, -0.1) is 0 Å². The summed E-state index contributed by atoms with van der Waals surface area (Å²) in [5, 5.41) is 2.95. The van der Waals surface area contributed by atoms with Crippen molar-refractivity contribution >= 4 is 11.7 Å². The average Bonchev–Trinajstić information content (AvgIpc) is 2.72. The Balaban J connectivity index is 1.72. The van der Waals surface area contributed by atoms with Crippen molar-refractivity contribution in [2.24, 2.45) is 0 Å².